The number of hydrogen-bond donors (Lipinski definition) is 1. The standard InChI is InChI=1S/C20H23N3O3/c24-20(14-21-13-16-6-7-18-19(12-16)26-15-25-18)23-10-8-22(9-11-23)17-4-2-1-3-5-17/h1-7,12,21H,8-11,13-15H2. The summed E-state index contributed by atoms with van der Waals surface area (Å²) in [6.07, 6.45) is 0. The fourth-order valence-electron chi connectivity index (χ4n) is 3.33. The summed E-state index contributed by atoms with van der Waals surface area (Å²) in [6, 6.07) is 16.2. The van der Waals surface area contributed by atoms with Crippen molar-refractivity contribution in [2.24, 2.45) is 0 Å². The first-order valence-corrected chi connectivity index (χ1v) is 8.96. The predicted octanol–water partition coefficient (Wildman–Crippen LogP) is 1.85. The Hall–Kier alpha value is -2.73. The van der Waals surface area contributed by atoms with Gasteiger partial charge in [0, 0.05) is 38.4 Å². The summed E-state index contributed by atoms with van der Waals surface area (Å²) in [6.45, 7) is 4.53. The lowest BCUT2D eigenvalue weighted by Gasteiger charge is -2.36. The molecule has 1 N–H and O–H groups in total. The van der Waals surface area contributed by atoms with Crippen LogP contribution in [-0.4, -0.2) is 50.3 Å². The Morgan fingerprint density at radius 2 is 1.73 bits per heavy atom. The molecule has 26 heavy (non-hydrogen) atoms. The van der Waals surface area contributed by atoms with Gasteiger partial charge in [-0.1, -0.05) is 24.3 Å². The zero-order chi connectivity index (χ0) is 17.8. The average molecular weight is 353 g/mol. The van der Waals surface area contributed by atoms with Gasteiger partial charge in [-0.05, 0) is 29.8 Å². The first-order valence-electron chi connectivity index (χ1n) is 8.96. The van der Waals surface area contributed by atoms with Crippen molar-refractivity contribution in [3.05, 3.63) is 54.1 Å². The second kappa shape index (κ2) is 7.66. The van der Waals surface area contributed by atoms with Crippen molar-refractivity contribution >= 4 is 11.6 Å². The highest BCUT2D eigenvalue weighted by Crippen LogP contribution is 2.32. The number of para-hydroxylation sites is 1. The number of anilines is 1. The molecule has 1 saturated heterocycles. The fourth-order valence-corrected chi connectivity index (χ4v) is 3.33. The van der Waals surface area contributed by atoms with E-state index in [1.165, 1.54) is 5.69 Å². The largest absolute Gasteiger partial charge is 0.454 e. The predicted molar refractivity (Wildman–Crippen MR) is 99.5 cm³/mol. The number of piperazine rings is 1. The summed E-state index contributed by atoms with van der Waals surface area (Å²) < 4.78 is 10.7. The Bertz CT molecular complexity index is 758. The van der Waals surface area contributed by atoms with E-state index >= 15 is 0 Å². The van der Waals surface area contributed by atoms with E-state index < -0.39 is 0 Å². The maximum absolute atomic E-state index is 12.4. The molecule has 0 radical (unpaired) electrons. The van der Waals surface area contributed by atoms with E-state index in [0.717, 1.165) is 43.2 Å². The number of carbonyl (C=O) groups excluding carboxylic acids is 1. The van der Waals surface area contributed by atoms with Gasteiger partial charge in [0.15, 0.2) is 11.5 Å². The van der Waals surface area contributed by atoms with Gasteiger partial charge in [-0.15, -0.1) is 0 Å². The van der Waals surface area contributed by atoms with Crippen LogP contribution in [0.2, 0.25) is 0 Å². The normalized spacial score (nSPS) is 16.0. The molecule has 2 aromatic rings. The second-order valence-electron chi connectivity index (χ2n) is 6.49. The van der Waals surface area contributed by atoms with Gasteiger partial charge in [0.05, 0.1) is 6.54 Å². The van der Waals surface area contributed by atoms with Gasteiger partial charge in [-0.25, -0.2) is 0 Å². The molecule has 0 spiro atoms. The Labute approximate surface area is 153 Å². The molecular formula is C20H23N3O3. The topological polar surface area (TPSA) is 54.0 Å². The third kappa shape index (κ3) is 3.75. The molecule has 6 heteroatoms. The SMILES string of the molecule is O=C(CNCc1ccc2c(c1)OCO2)N1CCN(c2ccccc2)CC1. The number of hydrogen-bond acceptors (Lipinski definition) is 5. The van der Waals surface area contributed by atoms with Crippen molar-refractivity contribution < 1.29 is 14.3 Å². The molecule has 1 fully saturated rings. The maximum atomic E-state index is 12.4. The summed E-state index contributed by atoms with van der Waals surface area (Å²) in [5.41, 5.74) is 2.30. The summed E-state index contributed by atoms with van der Waals surface area (Å²) in [4.78, 5) is 16.7. The second-order valence-corrected chi connectivity index (χ2v) is 6.49. The summed E-state index contributed by atoms with van der Waals surface area (Å²) in [7, 11) is 0. The molecule has 136 valence electrons. The van der Waals surface area contributed by atoms with Gasteiger partial charge in [0.2, 0.25) is 12.7 Å². The molecule has 2 aromatic carbocycles. The van der Waals surface area contributed by atoms with Gasteiger partial charge in [0.1, 0.15) is 0 Å². The van der Waals surface area contributed by atoms with Crippen LogP contribution in [0, 0.1) is 0 Å². The molecule has 0 aromatic heterocycles. The number of rotatable bonds is 5. The van der Waals surface area contributed by atoms with Crippen LogP contribution in [0.4, 0.5) is 5.69 Å². The highest BCUT2D eigenvalue weighted by Gasteiger charge is 2.21. The quantitative estimate of drug-likeness (QED) is 0.889. The number of carbonyl (C=O) groups is 1. The van der Waals surface area contributed by atoms with E-state index in [1.54, 1.807) is 0 Å². The van der Waals surface area contributed by atoms with Gasteiger partial charge >= 0.3 is 0 Å². The van der Waals surface area contributed by atoms with E-state index in [-0.39, 0.29) is 12.7 Å². The fraction of sp³-hybridized carbons (Fsp3) is 0.350. The third-order valence-electron chi connectivity index (χ3n) is 4.80. The van der Waals surface area contributed by atoms with Gasteiger partial charge in [0.25, 0.3) is 0 Å². The monoisotopic (exact) mass is 353 g/mol. The van der Waals surface area contributed by atoms with E-state index in [9.17, 15) is 4.79 Å². The summed E-state index contributed by atoms with van der Waals surface area (Å²) in [5, 5.41) is 3.23. The highest BCUT2D eigenvalue weighted by atomic mass is 16.7. The van der Waals surface area contributed by atoms with Crippen LogP contribution in [-0.2, 0) is 11.3 Å². The minimum Gasteiger partial charge on any atom is -0.454 e. The molecule has 0 saturated carbocycles. The van der Waals surface area contributed by atoms with Crippen molar-refractivity contribution in [2.75, 3.05) is 44.4 Å². The Morgan fingerprint density at radius 1 is 0.962 bits per heavy atom. The number of amides is 1. The van der Waals surface area contributed by atoms with Crippen molar-refractivity contribution in [2.45, 2.75) is 6.54 Å². The maximum Gasteiger partial charge on any atom is 0.236 e. The Morgan fingerprint density at radius 3 is 2.54 bits per heavy atom. The molecule has 2 heterocycles. The molecule has 4 rings (SSSR count). The molecule has 2 aliphatic rings. The zero-order valence-electron chi connectivity index (χ0n) is 14.7. The first-order chi connectivity index (χ1) is 12.8. The number of benzene rings is 2. The van der Waals surface area contributed by atoms with Crippen LogP contribution >= 0.6 is 0 Å². The van der Waals surface area contributed by atoms with E-state index in [2.05, 4.69) is 22.3 Å². The van der Waals surface area contributed by atoms with Gasteiger partial charge < -0.3 is 24.6 Å². The van der Waals surface area contributed by atoms with E-state index in [4.69, 9.17) is 9.47 Å². The van der Waals surface area contributed by atoms with Crippen LogP contribution < -0.4 is 19.7 Å². The molecule has 0 bridgehead atoms. The molecule has 1 amide bonds. The molecule has 0 aliphatic carbocycles. The van der Waals surface area contributed by atoms with Crippen molar-refractivity contribution in [3.8, 4) is 11.5 Å². The van der Waals surface area contributed by atoms with Crippen LogP contribution in [0.5, 0.6) is 11.5 Å². The van der Waals surface area contributed by atoms with Gasteiger partial charge in [-0.2, -0.15) is 0 Å². The van der Waals surface area contributed by atoms with Crippen molar-refractivity contribution in [1.82, 2.24) is 10.2 Å². The number of nitrogens with one attached hydrogen (secondary N) is 1. The van der Waals surface area contributed by atoms with Crippen molar-refractivity contribution in [3.63, 3.8) is 0 Å². The van der Waals surface area contributed by atoms with Crippen LogP contribution in [0.25, 0.3) is 0 Å². The number of nitrogens with zero attached hydrogens (tertiary/aromatic N) is 2. The third-order valence-corrected chi connectivity index (χ3v) is 4.80. The van der Waals surface area contributed by atoms with Crippen LogP contribution in [0.15, 0.2) is 48.5 Å². The lowest BCUT2D eigenvalue weighted by molar-refractivity contribution is -0.130. The molecular weight excluding hydrogens is 330 g/mol. The lowest BCUT2D eigenvalue weighted by Crippen LogP contribution is -2.50. The van der Waals surface area contributed by atoms with Crippen molar-refractivity contribution in [1.29, 1.82) is 0 Å². The molecule has 0 unspecified atom stereocenters. The molecule has 2 aliphatic heterocycles. The summed E-state index contributed by atoms with van der Waals surface area (Å²) in [5.74, 6) is 1.70. The van der Waals surface area contributed by atoms with E-state index in [1.807, 2.05) is 41.3 Å². The number of fused-ring (bicyclic) bond motifs is 1. The van der Waals surface area contributed by atoms with Crippen LogP contribution in [0.1, 0.15) is 5.56 Å². The smallest absolute Gasteiger partial charge is 0.236 e. The van der Waals surface area contributed by atoms with Gasteiger partial charge in [-0.3, -0.25) is 4.79 Å². The highest BCUT2D eigenvalue weighted by molar-refractivity contribution is 5.78. The lowest BCUT2D eigenvalue weighted by atomic mass is 10.2. The Kier molecular flexibility index (Phi) is 4.93. The minimum absolute atomic E-state index is 0.151. The summed E-state index contributed by atoms with van der Waals surface area (Å²) >= 11 is 0. The number of ether oxygens (including phenoxy) is 2. The van der Waals surface area contributed by atoms with E-state index in [0.29, 0.717) is 13.1 Å². The molecule has 0 atom stereocenters. The minimum atomic E-state index is 0.151. The first kappa shape index (κ1) is 16.7. The Balaban J connectivity index is 1.22. The zero-order valence-corrected chi connectivity index (χ0v) is 14.7. The average Bonchev–Trinajstić information content (AvgIpc) is 3.16. The molecule has 6 nitrogen and oxygen atoms in total. The van der Waals surface area contributed by atoms with Crippen LogP contribution in [0.3, 0.4) is 0 Å².